The standard InChI is InChI=1S/C28H20F2N4O2/c29-17-4-8-19(24(30)11-17)14-2-6-20-22(9-14)26-23-10-15(3-7-21(23)25(20)36-26)28(35)34-13-18-5-1-16(12-33-18)27(31)32/h1-12,25-26H,13H2,(H3,31,32)(H,34,35). The average molecular weight is 482 g/mol. The van der Waals surface area contributed by atoms with Gasteiger partial charge < -0.3 is 15.8 Å². The Bertz CT molecular complexity index is 1550. The lowest BCUT2D eigenvalue weighted by Gasteiger charge is -2.18. The van der Waals surface area contributed by atoms with Crippen LogP contribution in [0.4, 0.5) is 8.78 Å². The van der Waals surface area contributed by atoms with Crippen molar-refractivity contribution in [3.63, 3.8) is 0 Å². The van der Waals surface area contributed by atoms with Gasteiger partial charge in [-0.2, -0.15) is 0 Å². The Kier molecular flexibility index (Phi) is 5.12. The van der Waals surface area contributed by atoms with Gasteiger partial charge in [-0.05, 0) is 70.3 Å². The molecule has 0 saturated heterocycles. The molecule has 4 aromatic rings. The molecule has 2 unspecified atom stereocenters. The van der Waals surface area contributed by atoms with Gasteiger partial charge in [0.2, 0.25) is 0 Å². The first-order valence-corrected chi connectivity index (χ1v) is 11.3. The van der Waals surface area contributed by atoms with Crippen molar-refractivity contribution in [1.82, 2.24) is 10.3 Å². The molecule has 3 heterocycles. The molecule has 8 heteroatoms. The van der Waals surface area contributed by atoms with E-state index in [4.69, 9.17) is 15.9 Å². The number of halogens is 2. The van der Waals surface area contributed by atoms with E-state index >= 15 is 0 Å². The van der Waals surface area contributed by atoms with Gasteiger partial charge in [-0.1, -0.05) is 18.2 Å². The zero-order valence-electron chi connectivity index (χ0n) is 18.9. The monoisotopic (exact) mass is 482 g/mol. The van der Waals surface area contributed by atoms with Gasteiger partial charge in [-0.25, -0.2) is 8.78 Å². The highest BCUT2D eigenvalue weighted by Gasteiger charge is 2.43. The van der Waals surface area contributed by atoms with Crippen LogP contribution >= 0.6 is 0 Å². The first-order chi connectivity index (χ1) is 17.4. The smallest absolute Gasteiger partial charge is 0.251 e. The maximum absolute atomic E-state index is 14.4. The number of carbonyl (C=O) groups excluding carboxylic acids is 1. The van der Waals surface area contributed by atoms with E-state index in [9.17, 15) is 13.6 Å². The van der Waals surface area contributed by atoms with Crippen LogP contribution in [0.25, 0.3) is 11.1 Å². The topological polar surface area (TPSA) is 101 Å². The lowest BCUT2D eigenvalue weighted by Crippen LogP contribution is -2.24. The van der Waals surface area contributed by atoms with E-state index in [1.165, 1.54) is 18.3 Å². The molecule has 0 spiro atoms. The van der Waals surface area contributed by atoms with Crippen molar-refractivity contribution >= 4 is 11.7 Å². The fraction of sp³-hybridized carbons (Fsp3) is 0.107. The number of carbonyl (C=O) groups is 1. The molecule has 2 bridgehead atoms. The first kappa shape index (κ1) is 22.1. The summed E-state index contributed by atoms with van der Waals surface area (Å²) in [5, 5.41) is 10.3. The van der Waals surface area contributed by atoms with Gasteiger partial charge in [-0.15, -0.1) is 0 Å². The molecular formula is C28H20F2N4O2. The van der Waals surface area contributed by atoms with Crippen LogP contribution in [0.2, 0.25) is 0 Å². The maximum atomic E-state index is 14.4. The van der Waals surface area contributed by atoms with Gasteiger partial charge in [-0.3, -0.25) is 15.2 Å². The predicted molar refractivity (Wildman–Crippen MR) is 129 cm³/mol. The van der Waals surface area contributed by atoms with E-state index in [1.807, 2.05) is 30.3 Å². The Balaban J connectivity index is 1.23. The Morgan fingerprint density at radius 3 is 2.36 bits per heavy atom. The molecule has 2 aliphatic heterocycles. The summed E-state index contributed by atoms with van der Waals surface area (Å²) in [4.78, 5) is 17.1. The minimum absolute atomic E-state index is 0.0655. The van der Waals surface area contributed by atoms with Crippen LogP contribution in [-0.2, 0) is 11.3 Å². The van der Waals surface area contributed by atoms with E-state index in [0.717, 1.165) is 28.3 Å². The van der Waals surface area contributed by atoms with Gasteiger partial charge in [0.05, 0.1) is 12.2 Å². The Labute approximate surface area is 205 Å². The molecule has 0 aliphatic carbocycles. The van der Waals surface area contributed by atoms with Crippen molar-refractivity contribution in [3.05, 3.63) is 124 Å². The number of amides is 1. The van der Waals surface area contributed by atoms with Crippen molar-refractivity contribution in [2.75, 3.05) is 0 Å². The number of nitrogen functional groups attached to an aromatic ring is 1. The summed E-state index contributed by atoms with van der Waals surface area (Å²) < 4.78 is 34.0. The molecule has 3 aromatic carbocycles. The molecule has 36 heavy (non-hydrogen) atoms. The minimum Gasteiger partial charge on any atom is -0.384 e. The zero-order valence-corrected chi connectivity index (χ0v) is 18.9. The largest absolute Gasteiger partial charge is 0.384 e. The molecule has 0 fully saturated rings. The lowest BCUT2D eigenvalue weighted by molar-refractivity contribution is 0.0857. The third-order valence-corrected chi connectivity index (χ3v) is 6.65. The fourth-order valence-electron chi connectivity index (χ4n) is 4.84. The normalized spacial score (nSPS) is 16.9. The molecule has 178 valence electrons. The van der Waals surface area contributed by atoms with Gasteiger partial charge in [0.1, 0.15) is 29.7 Å². The van der Waals surface area contributed by atoms with Crippen LogP contribution in [0.5, 0.6) is 0 Å². The van der Waals surface area contributed by atoms with Crippen LogP contribution in [0.15, 0.2) is 72.9 Å². The number of nitrogens with two attached hydrogens (primary N) is 1. The van der Waals surface area contributed by atoms with E-state index in [-0.39, 0.29) is 30.5 Å². The second-order valence-corrected chi connectivity index (χ2v) is 8.84. The number of hydrogen-bond donors (Lipinski definition) is 3. The van der Waals surface area contributed by atoms with Gasteiger partial charge in [0.25, 0.3) is 5.91 Å². The van der Waals surface area contributed by atoms with E-state index in [0.29, 0.717) is 27.9 Å². The SMILES string of the molecule is N=C(N)c1ccc(CNC(=O)c2ccc3c(c2)C2OC3c3ccc(-c4ccc(F)cc4F)cc32)nc1. The number of benzene rings is 3. The number of aromatic nitrogens is 1. The number of pyridine rings is 1. The fourth-order valence-corrected chi connectivity index (χ4v) is 4.84. The minimum atomic E-state index is -0.622. The van der Waals surface area contributed by atoms with E-state index < -0.39 is 11.6 Å². The first-order valence-electron chi connectivity index (χ1n) is 11.3. The predicted octanol–water partition coefficient (Wildman–Crippen LogP) is 4.76. The second-order valence-electron chi connectivity index (χ2n) is 8.84. The molecule has 4 N–H and O–H groups in total. The summed E-state index contributed by atoms with van der Waals surface area (Å²) in [5.41, 5.74) is 11.9. The van der Waals surface area contributed by atoms with Gasteiger partial charge in [0.15, 0.2) is 0 Å². The highest BCUT2D eigenvalue weighted by molar-refractivity contribution is 5.95. The van der Waals surface area contributed by atoms with Crippen molar-refractivity contribution < 1.29 is 18.3 Å². The molecule has 0 radical (unpaired) electrons. The molecule has 1 aromatic heterocycles. The molecule has 1 amide bonds. The number of amidine groups is 1. The maximum Gasteiger partial charge on any atom is 0.251 e. The highest BCUT2D eigenvalue weighted by atomic mass is 19.1. The van der Waals surface area contributed by atoms with Crippen LogP contribution in [-0.4, -0.2) is 16.7 Å². The molecule has 6 rings (SSSR count). The van der Waals surface area contributed by atoms with Crippen molar-refractivity contribution in [1.29, 1.82) is 5.41 Å². The van der Waals surface area contributed by atoms with Crippen LogP contribution in [0, 0.1) is 17.0 Å². The molecular weight excluding hydrogens is 462 g/mol. The number of fused-ring (bicyclic) bond motifs is 8. The summed E-state index contributed by atoms with van der Waals surface area (Å²) in [6.07, 6.45) is 0.891. The lowest BCUT2D eigenvalue weighted by atomic mass is 9.83. The van der Waals surface area contributed by atoms with Gasteiger partial charge in [0, 0.05) is 29.0 Å². The number of nitrogens with zero attached hydrogens (tertiary/aromatic N) is 1. The highest BCUT2D eigenvalue weighted by Crippen LogP contribution is 2.54. The number of nitrogens with one attached hydrogen (secondary N) is 2. The second kappa shape index (κ2) is 8.35. The Morgan fingerprint density at radius 2 is 1.64 bits per heavy atom. The summed E-state index contributed by atoms with van der Waals surface area (Å²) in [7, 11) is 0. The summed E-state index contributed by atoms with van der Waals surface area (Å²) in [6, 6.07) is 18.1. The average Bonchev–Trinajstić information content (AvgIpc) is 3.44. The van der Waals surface area contributed by atoms with Crippen LogP contribution < -0.4 is 11.1 Å². The Hall–Kier alpha value is -4.43. The van der Waals surface area contributed by atoms with E-state index in [2.05, 4.69) is 10.3 Å². The Morgan fingerprint density at radius 1 is 0.917 bits per heavy atom. The van der Waals surface area contributed by atoms with Crippen LogP contribution in [0.3, 0.4) is 0 Å². The summed E-state index contributed by atoms with van der Waals surface area (Å²) in [6.45, 7) is 0.228. The quantitative estimate of drug-likeness (QED) is 0.282. The molecule has 2 aliphatic rings. The van der Waals surface area contributed by atoms with Crippen molar-refractivity contribution in [2.24, 2.45) is 5.73 Å². The van der Waals surface area contributed by atoms with E-state index in [1.54, 1.807) is 18.2 Å². The molecule has 0 saturated carbocycles. The van der Waals surface area contributed by atoms with Crippen LogP contribution in [0.1, 0.15) is 56.1 Å². The number of ether oxygens (including phenoxy) is 1. The third-order valence-electron chi connectivity index (χ3n) is 6.65. The molecule has 2 atom stereocenters. The molecule has 6 nitrogen and oxygen atoms in total. The number of hydrogen-bond acceptors (Lipinski definition) is 4. The summed E-state index contributed by atoms with van der Waals surface area (Å²) in [5.74, 6) is -1.56. The summed E-state index contributed by atoms with van der Waals surface area (Å²) >= 11 is 0. The zero-order chi connectivity index (χ0) is 25.0. The van der Waals surface area contributed by atoms with Gasteiger partial charge >= 0.3 is 0 Å². The third kappa shape index (κ3) is 3.63. The number of rotatable bonds is 5. The van der Waals surface area contributed by atoms with Crippen molar-refractivity contribution in [3.8, 4) is 11.1 Å². The van der Waals surface area contributed by atoms with Crippen molar-refractivity contribution in [2.45, 2.75) is 18.8 Å².